The summed E-state index contributed by atoms with van der Waals surface area (Å²) in [5.41, 5.74) is 5.68. The number of ketones is 1. The molecule has 15 heavy (non-hydrogen) atoms. The zero-order chi connectivity index (χ0) is 11.9. The van der Waals surface area contributed by atoms with Gasteiger partial charge in [0, 0.05) is 6.42 Å². The molecular formula is C12H25NO2. The third-order valence-electron chi connectivity index (χ3n) is 2.48. The average molecular weight is 215 g/mol. The summed E-state index contributed by atoms with van der Waals surface area (Å²) in [7, 11) is 0. The zero-order valence-electron chi connectivity index (χ0n) is 10.5. The number of hydrogen-bond acceptors (Lipinski definition) is 3. The van der Waals surface area contributed by atoms with E-state index in [1.54, 1.807) is 0 Å². The average Bonchev–Trinajstić information content (AvgIpc) is 2.11. The van der Waals surface area contributed by atoms with Crippen LogP contribution in [0.15, 0.2) is 0 Å². The lowest BCUT2D eigenvalue weighted by molar-refractivity contribution is -0.125. The van der Waals surface area contributed by atoms with Gasteiger partial charge in [0.15, 0.2) is 5.78 Å². The van der Waals surface area contributed by atoms with Gasteiger partial charge in [0.1, 0.15) is 6.61 Å². The molecule has 0 heterocycles. The van der Waals surface area contributed by atoms with E-state index in [4.69, 9.17) is 10.5 Å². The molecule has 0 aliphatic heterocycles. The summed E-state index contributed by atoms with van der Waals surface area (Å²) in [4.78, 5) is 11.4. The van der Waals surface area contributed by atoms with Gasteiger partial charge < -0.3 is 10.5 Å². The molecule has 0 rings (SSSR count). The second-order valence-electron chi connectivity index (χ2n) is 5.10. The lowest BCUT2D eigenvalue weighted by atomic mass is 9.84. The van der Waals surface area contributed by atoms with Crippen molar-refractivity contribution >= 4 is 5.78 Å². The van der Waals surface area contributed by atoms with Gasteiger partial charge in [0.05, 0.1) is 6.10 Å². The van der Waals surface area contributed by atoms with Crippen LogP contribution in [-0.4, -0.2) is 25.0 Å². The number of Topliss-reactive ketones (excluding diaryl/α,β-unsaturated/α-hetero) is 1. The Labute approximate surface area is 93.4 Å². The van der Waals surface area contributed by atoms with Crippen molar-refractivity contribution in [2.45, 2.75) is 53.1 Å². The molecule has 90 valence electrons. The first-order valence-corrected chi connectivity index (χ1v) is 5.71. The molecule has 3 heteroatoms. The van der Waals surface area contributed by atoms with Gasteiger partial charge in [-0.05, 0) is 38.6 Å². The fourth-order valence-corrected chi connectivity index (χ4v) is 1.33. The van der Waals surface area contributed by atoms with Gasteiger partial charge in [-0.2, -0.15) is 0 Å². The minimum absolute atomic E-state index is 0.131. The number of carbonyl (C=O) groups excluding carboxylic acids is 1. The molecule has 0 aromatic rings. The Balaban J connectivity index is 3.70. The van der Waals surface area contributed by atoms with E-state index in [1.165, 1.54) is 0 Å². The third kappa shape index (κ3) is 8.58. The predicted octanol–water partition coefficient (Wildman–Crippen LogP) is 2.14. The second kappa shape index (κ2) is 6.96. The van der Waals surface area contributed by atoms with Crippen LogP contribution >= 0.6 is 0 Å². The molecule has 2 N–H and O–H groups in total. The topological polar surface area (TPSA) is 52.3 Å². The van der Waals surface area contributed by atoms with Crippen LogP contribution in [0, 0.1) is 5.41 Å². The molecule has 0 aromatic carbocycles. The van der Waals surface area contributed by atoms with Gasteiger partial charge in [0.2, 0.25) is 0 Å². The minimum atomic E-state index is 0.131. The van der Waals surface area contributed by atoms with E-state index in [0.29, 0.717) is 13.0 Å². The van der Waals surface area contributed by atoms with Gasteiger partial charge >= 0.3 is 0 Å². The maximum Gasteiger partial charge on any atom is 0.158 e. The van der Waals surface area contributed by atoms with Crippen LogP contribution in [0.5, 0.6) is 0 Å². The van der Waals surface area contributed by atoms with E-state index < -0.39 is 0 Å². The van der Waals surface area contributed by atoms with Crippen LogP contribution in [0.3, 0.4) is 0 Å². The highest BCUT2D eigenvalue weighted by Crippen LogP contribution is 2.25. The van der Waals surface area contributed by atoms with Crippen molar-refractivity contribution in [3.63, 3.8) is 0 Å². The molecule has 0 aliphatic rings. The summed E-state index contributed by atoms with van der Waals surface area (Å²) in [6, 6.07) is 0. The monoisotopic (exact) mass is 215 g/mol. The molecule has 0 unspecified atom stereocenters. The Morgan fingerprint density at radius 3 is 2.40 bits per heavy atom. The smallest absolute Gasteiger partial charge is 0.158 e. The predicted molar refractivity (Wildman–Crippen MR) is 62.8 cm³/mol. The van der Waals surface area contributed by atoms with E-state index in [2.05, 4.69) is 13.8 Å². The number of rotatable bonds is 8. The van der Waals surface area contributed by atoms with Crippen molar-refractivity contribution in [2.24, 2.45) is 11.1 Å². The maximum atomic E-state index is 11.4. The highest BCUT2D eigenvalue weighted by atomic mass is 16.5. The Hall–Kier alpha value is -0.410. The summed E-state index contributed by atoms with van der Waals surface area (Å²) >= 11 is 0. The van der Waals surface area contributed by atoms with Crippen LogP contribution in [0.1, 0.15) is 47.0 Å². The Kier molecular flexibility index (Phi) is 6.77. The summed E-state index contributed by atoms with van der Waals surface area (Å²) in [6.45, 7) is 9.10. The summed E-state index contributed by atoms with van der Waals surface area (Å²) < 4.78 is 5.25. The first-order chi connectivity index (χ1) is 6.87. The van der Waals surface area contributed by atoms with Crippen LogP contribution in [0.4, 0.5) is 0 Å². The van der Waals surface area contributed by atoms with Crippen molar-refractivity contribution in [1.29, 1.82) is 0 Å². The van der Waals surface area contributed by atoms with Crippen LogP contribution < -0.4 is 5.73 Å². The minimum Gasteiger partial charge on any atom is -0.371 e. The molecule has 0 saturated carbocycles. The lowest BCUT2D eigenvalue weighted by Gasteiger charge is -2.23. The van der Waals surface area contributed by atoms with Crippen LogP contribution in [0.2, 0.25) is 0 Å². The molecule has 0 aromatic heterocycles. The largest absolute Gasteiger partial charge is 0.371 e. The van der Waals surface area contributed by atoms with E-state index >= 15 is 0 Å². The summed E-state index contributed by atoms with van der Waals surface area (Å²) in [6.07, 6.45) is 2.58. The van der Waals surface area contributed by atoms with Gasteiger partial charge in [-0.1, -0.05) is 13.8 Å². The highest BCUT2D eigenvalue weighted by Gasteiger charge is 2.18. The highest BCUT2D eigenvalue weighted by molar-refractivity contribution is 5.79. The van der Waals surface area contributed by atoms with Crippen LogP contribution in [-0.2, 0) is 9.53 Å². The molecule has 0 spiro atoms. The van der Waals surface area contributed by atoms with Gasteiger partial charge in [-0.15, -0.1) is 0 Å². The number of ether oxygens (including phenoxy) is 1. The van der Waals surface area contributed by atoms with Crippen molar-refractivity contribution in [3.05, 3.63) is 0 Å². The van der Waals surface area contributed by atoms with Gasteiger partial charge in [-0.25, -0.2) is 0 Å². The molecule has 0 amide bonds. The van der Waals surface area contributed by atoms with Crippen molar-refractivity contribution < 1.29 is 9.53 Å². The van der Waals surface area contributed by atoms with Gasteiger partial charge in [-0.3, -0.25) is 4.79 Å². The number of carbonyl (C=O) groups is 1. The van der Waals surface area contributed by atoms with E-state index in [0.717, 1.165) is 12.8 Å². The molecular weight excluding hydrogens is 190 g/mol. The normalized spacial score (nSPS) is 12.1. The number of nitrogens with two attached hydrogens (primary N) is 1. The fourth-order valence-electron chi connectivity index (χ4n) is 1.33. The SMILES string of the molecule is CC(C)OCC(=O)CCC(C)(C)CCN. The molecule has 0 saturated heterocycles. The van der Waals surface area contributed by atoms with Crippen molar-refractivity contribution in [1.82, 2.24) is 0 Å². The first-order valence-electron chi connectivity index (χ1n) is 5.71. The fraction of sp³-hybridized carbons (Fsp3) is 0.917. The zero-order valence-corrected chi connectivity index (χ0v) is 10.5. The Morgan fingerprint density at radius 2 is 1.93 bits per heavy atom. The summed E-state index contributed by atoms with van der Waals surface area (Å²) in [5, 5.41) is 0. The molecule has 0 aliphatic carbocycles. The van der Waals surface area contributed by atoms with Crippen molar-refractivity contribution in [2.75, 3.05) is 13.2 Å². The third-order valence-corrected chi connectivity index (χ3v) is 2.48. The standard InChI is InChI=1S/C12H25NO2/c1-10(2)15-9-11(14)5-6-12(3,4)7-8-13/h10H,5-9,13H2,1-4H3. The van der Waals surface area contributed by atoms with E-state index in [-0.39, 0.29) is 23.9 Å². The molecule has 3 nitrogen and oxygen atoms in total. The quantitative estimate of drug-likeness (QED) is 0.675. The Morgan fingerprint density at radius 1 is 1.33 bits per heavy atom. The van der Waals surface area contributed by atoms with Crippen LogP contribution in [0.25, 0.3) is 0 Å². The molecule has 0 bridgehead atoms. The van der Waals surface area contributed by atoms with E-state index in [9.17, 15) is 4.79 Å². The lowest BCUT2D eigenvalue weighted by Crippen LogP contribution is -2.20. The maximum absolute atomic E-state index is 11.4. The first kappa shape index (κ1) is 14.6. The van der Waals surface area contributed by atoms with Gasteiger partial charge in [0.25, 0.3) is 0 Å². The molecule has 0 fully saturated rings. The second-order valence-corrected chi connectivity index (χ2v) is 5.10. The van der Waals surface area contributed by atoms with Crippen molar-refractivity contribution in [3.8, 4) is 0 Å². The molecule has 0 atom stereocenters. The Bertz CT molecular complexity index is 188. The summed E-state index contributed by atoms with van der Waals surface area (Å²) in [5.74, 6) is 0.189. The molecule has 0 radical (unpaired) electrons. The number of hydrogen-bond donors (Lipinski definition) is 1. The van der Waals surface area contributed by atoms with E-state index in [1.807, 2.05) is 13.8 Å².